The first kappa shape index (κ1) is 19.5. The highest BCUT2D eigenvalue weighted by Gasteiger charge is 2.33. The SMILES string of the molecule is COc1cccc(C2CC(=O)Nc3c2c(C)nn3-c2ccc(N3CCCCC3)nn2)c1. The van der Waals surface area contributed by atoms with Gasteiger partial charge in [-0.1, -0.05) is 12.1 Å². The Bertz CT molecular complexity index is 1100. The molecule has 2 aliphatic rings. The van der Waals surface area contributed by atoms with Crippen molar-refractivity contribution in [1.82, 2.24) is 20.0 Å². The number of piperidine rings is 1. The van der Waals surface area contributed by atoms with E-state index in [0.717, 1.165) is 41.5 Å². The molecule has 3 aromatic rings. The average Bonchev–Trinajstić information content (AvgIpc) is 3.15. The van der Waals surface area contributed by atoms with Crippen LogP contribution in [0.3, 0.4) is 0 Å². The summed E-state index contributed by atoms with van der Waals surface area (Å²) in [6.07, 6.45) is 4.01. The number of nitrogens with one attached hydrogen (secondary N) is 1. The number of ether oxygens (including phenoxy) is 1. The number of fused-ring (bicyclic) bond motifs is 1. The van der Waals surface area contributed by atoms with Crippen LogP contribution >= 0.6 is 0 Å². The number of aromatic nitrogens is 4. The van der Waals surface area contributed by atoms with Crippen LogP contribution < -0.4 is 15.0 Å². The molecule has 1 amide bonds. The van der Waals surface area contributed by atoms with Gasteiger partial charge in [-0.3, -0.25) is 4.79 Å². The predicted octanol–water partition coefficient (Wildman–Crippen LogP) is 3.44. The molecule has 1 N–H and O–H groups in total. The highest BCUT2D eigenvalue weighted by Crippen LogP contribution is 2.40. The molecule has 1 saturated heterocycles. The van der Waals surface area contributed by atoms with Crippen molar-refractivity contribution in [2.24, 2.45) is 0 Å². The van der Waals surface area contributed by atoms with Gasteiger partial charge in [-0.25, -0.2) is 0 Å². The van der Waals surface area contributed by atoms with Gasteiger partial charge in [-0.15, -0.1) is 10.2 Å². The van der Waals surface area contributed by atoms with E-state index in [1.165, 1.54) is 19.3 Å². The third kappa shape index (κ3) is 3.62. The lowest BCUT2D eigenvalue weighted by atomic mass is 9.86. The minimum absolute atomic E-state index is 0.0423. The number of hydrogen-bond acceptors (Lipinski definition) is 6. The van der Waals surface area contributed by atoms with Gasteiger partial charge in [0.1, 0.15) is 11.6 Å². The number of methoxy groups -OCH3 is 1. The van der Waals surface area contributed by atoms with Crippen molar-refractivity contribution in [2.45, 2.75) is 38.5 Å². The summed E-state index contributed by atoms with van der Waals surface area (Å²) in [5.41, 5.74) is 2.91. The quantitative estimate of drug-likeness (QED) is 0.699. The summed E-state index contributed by atoms with van der Waals surface area (Å²) in [5.74, 6) is 2.79. The maximum Gasteiger partial charge on any atom is 0.226 e. The van der Waals surface area contributed by atoms with Crippen molar-refractivity contribution in [3.8, 4) is 11.6 Å². The Morgan fingerprint density at radius 3 is 2.58 bits per heavy atom. The highest BCUT2D eigenvalue weighted by atomic mass is 16.5. The second-order valence-corrected chi connectivity index (χ2v) is 8.14. The minimum Gasteiger partial charge on any atom is -0.497 e. The van der Waals surface area contributed by atoms with E-state index in [4.69, 9.17) is 9.84 Å². The first-order valence-electron chi connectivity index (χ1n) is 10.8. The van der Waals surface area contributed by atoms with Crippen LogP contribution in [-0.2, 0) is 4.79 Å². The van der Waals surface area contributed by atoms with E-state index in [-0.39, 0.29) is 11.8 Å². The van der Waals surface area contributed by atoms with E-state index >= 15 is 0 Å². The molecule has 1 atom stereocenters. The molecule has 8 nitrogen and oxygen atoms in total. The van der Waals surface area contributed by atoms with Crippen LogP contribution in [0.5, 0.6) is 5.75 Å². The lowest BCUT2D eigenvalue weighted by molar-refractivity contribution is -0.116. The number of benzene rings is 1. The number of hydrogen-bond donors (Lipinski definition) is 1. The molecule has 1 unspecified atom stereocenters. The van der Waals surface area contributed by atoms with E-state index in [9.17, 15) is 4.79 Å². The van der Waals surface area contributed by atoms with Crippen LogP contribution in [0.25, 0.3) is 5.82 Å². The van der Waals surface area contributed by atoms with Crippen molar-refractivity contribution in [3.05, 3.63) is 53.2 Å². The highest BCUT2D eigenvalue weighted by molar-refractivity contribution is 5.95. The fourth-order valence-corrected chi connectivity index (χ4v) is 4.58. The number of rotatable bonds is 4. The Morgan fingerprint density at radius 1 is 1.06 bits per heavy atom. The first-order chi connectivity index (χ1) is 15.1. The molecule has 0 aliphatic carbocycles. The summed E-state index contributed by atoms with van der Waals surface area (Å²) in [7, 11) is 1.65. The zero-order valence-corrected chi connectivity index (χ0v) is 17.8. The van der Waals surface area contributed by atoms with Crippen LogP contribution in [0.2, 0.25) is 0 Å². The van der Waals surface area contributed by atoms with Crippen molar-refractivity contribution >= 4 is 17.5 Å². The van der Waals surface area contributed by atoms with Crippen LogP contribution in [0.4, 0.5) is 11.6 Å². The van der Waals surface area contributed by atoms with Crippen LogP contribution in [-0.4, -0.2) is 46.1 Å². The number of amides is 1. The number of aryl methyl sites for hydroxylation is 1. The Kier molecular flexibility index (Phi) is 5.05. The molecule has 0 radical (unpaired) electrons. The van der Waals surface area contributed by atoms with Crippen LogP contribution in [0.1, 0.15) is 48.4 Å². The molecule has 1 aromatic carbocycles. The second-order valence-electron chi connectivity index (χ2n) is 8.14. The lowest BCUT2D eigenvalue weighted by Crippen LogP contribution is -2.30. The summed E-state index contributed by atoms with van der Waals surface area (Å²) in [6, 6.07) is 11.8. The van der Waals surface area contributed by atoms with Crippen molar-refractivity contribution < 1.29 is 9.53 Å². The largest absolute Gasteiger partial charge is 0.497 e. The van der Waals surface area contributed by atoms with E-state index < -0.39 is 0 Å². The maximum absolute atomic E-state index is 12.6. The van der Waals surface area contributed by atoms with E-state index in [1.807, 2.05) is 43.3 Å². The van der Waals surface area contributed by atoms with Gasteiger partial charge < -0.3 is 15.0 Å². The zero-order chi connectivity index (χ0) is 21.4. The lowest BCUT2D eigenvalue weighted by Gasteiger charge is -2.27. The molecule has 0 spiro atoms. The van der Waals surface area contributed by atoms with Gasteiger partial charge in [0.25, 0.3) is 0 Å². The molecule has 160 valence electrons. The van der Waals surface area contributed by atoms with Crippen LogP contribution in [0, 0.1) is 6.92 Å². The predicted molar refractivity (Wildman–Crippen MR) is 118 cm³/mol. The van der Waals surface area contributed by atoms with Crippen molar-refractivity contribution in [2.75, 3.05) is 30.4 Å². The van der Waals surface area contributed by atoms with Gasteiger partial charge in [0.15, 0.2) is 11.6 Å². The van der Waals surface area contributed by atoms with E-state index in [1.54, 1.807) is 11.8 Å². The van der Waals surface area contributed by atoms with Crippen molar-refractivity contribution in [3.63, 3.8) is 0 Å². The Labute approximate surface area is 181 Å². The third-order valence-corrected chi connectivity index (χ3v) is 6.13. The number of nitrogens with zero attached hydrogens (tertiary/aromatic N) is 5. The second kappa shape index (κ2) is 8.02. The molecular weight excluding hydrogens is 392 g/mol. The Morgan fingerprint density at radius 2 is 1.84 bits per heavy atom. The van der Waals surface area contributed by atoms with Gasteiger partial charge in [-0.05, 0) is 56.0 Å². The number of carbonyl (C=O) groups is 1. The molecular formula is C23H26N6O2. The summed E-state index contributed by atoms with van der Waals surface area (Å²) in [6.45, 7) is 4.00. The van der Waals surface area contributed by atoms with Gasteiger partial charge >= 0.3 is 0 Å². The van der Waals surface area contributed by atoms with E-state index in [0.29, 0.717) is 18.1 Å². The monoisotopic (exact) mass is 418 g/mol. The van der Waals surface area contributed by atoms with Crippen molar-refractivity contribution in [1.29, 1.82) is 0 Å². The Balaban J connectivity index is 1.51. The summed E-state index contributed by atoms with van der Waals surface area (Å²) >= 11 is 0. The third-order valence-electron chi connectivity index (χ3n) is 6.13. The average molecular weight is 419 g/mol. The molecule has 1 fully saturated rings. The molecule has 0 bridgehead atoms. The van der Waals surface area contributed by atoms with Gasteiger partial charge in [0.2, 0.25) is 5.91 Å². The maximum atomic E-state index is 12.6. The smallest absolute Gasteiger partial charge is 0.226 e. The molecule has 0 saturated carbocycles. The fourth-order valence-electron chi connectivity index (χ4n) is 4.58. The molecule has 2 aromatic heterocycles. The number of carbonyl (C=O) groups excluding carboxylic acids is 1. The summed E-state index contributed by atoms with van der Waals surface area (Å²) in [5, 5.41) is 16.6. The summed E-state index contributed by atoms with van der Waals surface area (Å²) < 4.78 is 7.08. The van der Waals surface area contributed by atoms with E-state index in [2.05, 4.69) is 20.4 Å². The molecule has 2 aliphatic heterocycles. The van der Waals surface area contributed by atoms with Crippen LogP contribution in [0.15, 0.2) is 36.4 Å². The molecule has 4 heterocycles. The number of anilines is 2. The first-order valence-corrected chi connectivity index (χ1v) is 10.8. The van der Waals surface area contributed by atoms with Gasteiger partial charge in [0.05, 0.1) is 12.8 Å². The topological polar surface area (TPSA) is 85.2 Å². The standard InChI is InChI=1S/C23H26N6O2/c1-15-22-18(16-7-6-8-17(13-16)31-2)14-21(30)24-23(22)29(27-15)20-10-9-19(25-26-20)28-11-4-3-5-12-28/h6-10,13,18H,3-5,11-12,14H2,1-2H3,(H,24,30). The molecule has 31 heavy (non-hydrogen) atoms. The van der Waals surface area contributed by atoms with Gasteiger partial charge in [-0.2, -0.15) is 9.78 Å². The normalized spacial score (nSPS) is 18.5. The Hall–Kier alpha value is -3.42. The minimum atomic E-state index is -0.0896. The fraction of sp³-hybridized carbons (Fsp3) is 0.391. The molecule has 5 rings (SSSR count). The summed E-state index contributed by atoms with van der Waals surface area (Å²) in [4.78, 5) is 14.9. The van der Waals surface area contributed by atoms with Gasteiger partial charge in [0, 0.05) is 31.0 Å². The molecule has 8 heteroatoms. The zero-order valence-electron chi connectivity index (χ0n) is 17.8.